The first kappa shape index (κ1) is 12.0. The molecule has 5 nitrogen and oxygen atoms in total. The Morgan fingerprint density at radius 1 is 1.50 bits per heavy atom. The van der Waals surface area contributed by atoms with Gasteiger partial charge in [-0.1, -0.05) is 0 Å². The minimum Gasteiger partial charge on any atom is -0.383 e. The Hall–Kier alpha value is -1.10. The Morgan fingerprint density at radius 2 is 2.22 bits per heavy atom. The second-order valence-corrected chi connectivity index (χ2v) is 6.05. The number of carbonyl (C=O) groups is 2. The fourth-order valence-corrected chi connectivity index (χ4v) is 2.71. The third-order valence-corrected chi connectivity index (χ3v) is 4.26. The predicted octanol–water partition coefficient (Wildman–Crippen LogP) is 0.0748. The Labute approximate surface area is 106 Å². The van der Waals surface area contributed by atoms with Crippen molar-refractivity contribution in [2.24, 2.45) is 5.92 Å². The van der Waals surface area contributed by atoms with Crippen molar-refractivity contribution in [1.29, 1.82) is 0 Å². The second-order valence-electron chi connectivity index (χ2n) is 6.05. The molecule has 3 rings (SSSR count). The molecule has 2 aliphatic carbocycles. The molecule has 3 N–H and O–H groups in total. The lowest BCUT2D eigenvalue weighted by molar-refractivity contribution is -0.130. The van der Waals surface area contributed by atoms with Gasteiger partial charge in [-0.05, 0) is 44.9 Å². The molecule has 1 saturated heterocycles. The van der Waals surface area contributed by atoms with Crippen molar-refractivity contribution in [3.05, 3.63) is 0 Å². The van der Waals surface area contributed by atoms with Crippen molar-refractivity contribution in [2.75, 3.05) is 0 Å². The van der Waals surface area contributed by atoms with Crippen LogP contribution in [0, 0.1) is 5.92 Å². The first-order chi connectivity index (χ1) is 8.58. The van der Waals surface area contributed by atoms with Gasteiger partial charge in [0.05, 0.1) is 0 Å². The molecule has 100 valence electrons. The van der Waals surface area contributed by atoms with Gasteiger partial charge in [0.15, 0.2) is 0 Å². The molecular formula is C13H20N2O3. The molecule has 2 amide bonds. The summed E-state index contributed by atoms with van der Waals surface area (Å²) >= 11 is 0. The van der Waals surface area contributed by atoms with Crippen molar-refractivity contribution >= 4 is 11.8 Å². The average molecular weight is 252 g/mol. The normalized spacial score (nSPS) is 30.1. The highest BCUT2D eigenvalue weighted by Gasteiger charge is 2.52. The summed E-state index contributed by atoms with van der Waals surface area (Å²) < 4.78 is 0. The molecule has 1 aliphatic heterocycles. The fourth-order valence-electron chi connectivity index (χ4n) is 2.71. The molecule has 0 bridgehead atoms. The molecule has 3 fully saturated rings. The second kappa shape index (κ2) is 4.23. The highest BCUT2D eigenvalue weighted by Crippen LogP contribution is 2.46. The van der Waals surface area contributed by atoms with E-state index in [1.807, 2.05) is 0 Å². The Balaban J connectivity index is 1.42. The largest absolute Gasteiger partial charge is 0.383 e. The van der Waals surface area contributed by atoms with Crippen molar-refractivity contribution in [3.63, 3.8) is 0 Å². The van der Waals surface area contributed by atoms with Crippen molar-refractivity contribution in [1.82, 2.24) is 10.6 Å². The third-order valence-electron chi connectivity index (χ3n) is 4.26. The van der Waals surface area contributed by atoms with Gasteiger partial charge >= 0.3 is 0 Å². The van der Waals surface area contributed by atoms with Gasteiger partial charge in [0.25, 0.3) is 0 Å². The van der Waals surface area contributed by atoms with Gasteiger partial charge in [-0.25, -0.2) is 0 Å². The van der Waals surface area contributed by atoms with E-state index in [0.717, 1.165) is 32.1 Å². The molecule has 1 unspecified atom stereocenters. The zero-order valence-electron chi connectivity index (χ0n) is 10.4. The summed E-state index contributed by atoms with van der Waals surface area (Å²) in [7, 11) is 0. The topological polar surface area (TPSA) is 78.4 Å². The van der Waals surface area contributed by atoms with E-state index in [2.05, 4.69) is 10.6 Å². The Morgan fingerprint density at radius 3 is 2.78 bits per heavy atom. The Bertz CT molecular complexity index is 374. The zero-order valence-corrected chi connectivity index (χ0v) is 10.4. The van der Waals surface area contributed by atoms with E-state index >= 15 is 0 Å². The van der Waals surface area contributed by atoms with E-state index in [1.165, 1.54) is 0 Å². The number of hydrogen-bond acceptors (Lipinski definition) is 3. The quantitative estimate of drug-likeness (QED) is 0.648. The van der Waals surface area contributed by atoms with Crippen molar-refractivity contribution < 1.29 is 14.7 Å². The molecule has 2 saturated carbocycles. The maximum absolute atomic E-state index is 11.7. The van der Waals surface area contributed by atoms with Gasteiger partial charge in [-0.15, -0.1) is 0 Å². The zero-order chi connectivity index (χ0) is 12.8. The van der Waals surface area contributed by atoms with Gasteiger partial charge in [-0.2, -0.15) is 0 Å². The van der Waals surface area contributed by atoms with Crippen LogP contribution in [0.2, 0.25) is 0 Å². The summed E-state index contributed by atoms with van der Waals surface area (Å²) in [6.07, 6.45) is 5.11. The molecule has 5 heteroatoms. The molecule has 3 aliphatic rings. The Kier molecular flexibility index (Phi) is 2.81. The lowest BCUT2D eigenvalue weighted by Gasteiger charge is -2.12. The van der Waals surface area contributed by atoms with E-state index in [9.17, 15) is 14.7 Å². The van der Waals surface area contributed by atoms with E-state index in [4.69, 9.17) is 0 Å². The molecule has 0 aromatic rings. The molecular weight excluding hydrogens is 232 g/mol. The summed E-state index contributed by atoms with van der Waals surface area (Å²) in [4.78, 5) is 23.3. The number of carbonyl (C=O) groups excluding carboxylic acids is 2. The highest BCUT2D eigenvalue weighted by atomic mass is 16.3. The van der Waals surface area contributed by atoms with Crippen LogP contribution in [0.3, 0.4) is 0 Å². The number of rotatable bonds is 5. The molecule has 18 heavy (non-hydrogen) atoms. The van der Waals surface area contributed by atoms with Gasteiger partial charge < -0.3 is 15.7 Å². The van der Waals surface area contributed by atoms with E-state index in [-0.39, 0.29) is 29.3 Å². The van der Waals surface area contributed by atoms with E-state index in [1.54, 1.807) is 0 Å². The van der Waals surface area contributed by atoms with Gasteiger partial charge in [0.2, 0.25) is 11.8 Å². The van der Waals surface area contributed by atoms with Crippen molar-refractivity contribution in [2.45, 2.75) is 62.6 Å². The molecule has 0 radical (unpaired) electrons. The molecule has 0 aromatic carbocycles. The third kappa shape index (κ3) is 2.51. The van der Waals surface area contributed by atoms with Crippen LogP contribution in [0.15, 0.2) is 0 Å². The highest BCUT2D eigenvalue weighted by molar-refractivity contribution is 5.83. The molecule has 1 spiro atoms. The number of nitrogens with one attached hydrogen (secondary N) is 2. The summed E-state index contributed by atoms with van der Waals surface area (Å²) in [5, 5.41) is 15.6. The van der Waals surface area contributed by atoms with Gasteiger partial charge in [0.1, 0.15) is 6.10 Å². The van der Waals surface area contributed by atoms with Gasteiger partial charge in [0, 0.05) is 17.5 Å². The van der Waals surface area contributed by atoms with E-state index < -0.39 is 6.10 Å². The lowest BCUT2D eigenvalue weighted by atomic mass is 9.96. The van der Waals surface area contributed by atoms with E-state index in [0.29, 0.717) is 12.8 Å². The summed E-state index contributed by atoms with van der Waals surface area (Å²) in [6, 6.07) is 0.275. The summed E-state index contributed by atoms with van der Waals surface area (Å²) in [5.74, 6) is -0.199. The standard InChI is InChI=1S/C13H20N2O3/c16-10(12(18)14-9-2-3-9)4-1-8-7-13(5-6-13)15-11(8)17/h8-10,16H,1-7H2,(H,14,18)(H,15,17)/t8-,10?/m1/s1. The first-order valence-electron chi connectivity index (χ1n) is 6.88. The van der Waals surface area contributed by atoms with Crippen LogP contribution in [0.1, 0.15) is 44.9 Å². The van der Waals surface area contributed by atoms with Crippen LogP contribution < -0.4 is 10.6 Å². The predicted molar refractivity (Wildman–Crippen MR) is 64.6 cm³/mol. The van der Waals surface area contributed by atoms with Crippen LogP contribution in [0.25, 0.3) is 0 Å². The molecule has 0 aromatic heterocycles. The summed E-state index contributed by atoms with van der Waals surface area (Å²) in [6.45, 7) is 0. The molecule has 2 atom stereocenters. The smallest absolute Gasteiger partial charge is 0.249 e. The number of amides is 2. The number of hydrogen-bond donors (Lipinski definition) is 3. The van der Waals surface area contributed by atoms with Crippen LogP contribution >= 0.6 is 0 Å². The van der Waals surface area contributed by atoms with Crippen LogP contribution in [0.5, 0.6) is 0 Å². The maximum atomic E-state index is 11.7. The minimum absolute atomic E-state index is 0.0177. The lowest BCUT2D eigenvalue weighted by Crippen LogP contribution is -2.36. The minimum atomic E-state index is -0.964. The fraction of sp³-hybridized carbons (Fsp3) is 0.846. The number of aliphatic hydroxyl groups is 1. The van der Waals surface area contributed by atoms with Crippen LogP contribution in [0.4, 0.5) is 0 Å². The van der Waals surface area contributed by atoms with Crippen LogP contribution in [-0.4, -0.2) is 34.6 Å². The van der Waals surface area contributed by atoms with Crippen LogP contribution in [-0.2, 0) is 9.59 Å². The summed E-state index contributed by atoms with van der Waals surface area (Å²) in [5.41, 5.74) is 0.0863. The average Bonchev–Trinajstić information content (AvgIpc) is 3.21. The van der Waals surface area contributed by atoms with Gasteiger partial charge in [-0.3, -0.25) is 9.59 Å². The monoisotopic (exact) mass is 252 g/mol. The van der Waals surface area contributed by atoms with Crippen molar-refractivity contribution in [3.8, 4) is 0 Å². The maximum Gasteiger partial charge on any atom is 0.249 e. The first-order valence-corrected chi connectivity index (χ1v) is 6.88. The number of aliphatic hydroxyl groups excluding tert-OH is 1. The molecule has 1 heterocycles. The SMILES string of the molecule is O=C(NC1CC1)C(O)CC[C@@H]1CC2(CC2)NC1=O.